The maximum Gasteiger partial charge on any atom is 0.211 e. The number of guanidine groups is 2. The molecular weight excluding hydrogens is 208 g/mol. The maximum absolute atomic E-state index is 6.78. The van der Waals surface area contributed by atoms with Crippen LogP contribution in [0.15, 0.2) is 15.3 Å². The van der Waals surface area contributed by atoms with Crippen LogP contribution in [0, 0.1) is 5.41 Å². The second-order valence-electron chi connectivity index (χ2n) is 2.05. The molecule has 0 saturated heterocycles. The van der Waals surface area contributed by atoms with Crippen LogP contribution in [0.25, 0.3) is 0 Å². The number of rotatable bonds is 3. The highest BCUT2D eigenvalue weighted by molar-refractivity contribution is 6.29. The number of halogens is 1. The Bertz CT molecular complexity index is 263. The van der Waals surface area contributed by atoms with Crippen molar-refractivity contribution in [3.8, 4) is 0 Å². The van der Waals surface area contributed by atoms with Gasteiger partial charge in [0.15, 0.2) is 0 Å². The second kappa shape index (κ2) is 7.80. The number of hydrazone groups is 1. The first-order valence-electron chi connectivity index (χ1n) is 3.28. The van der Waals surface area contributed by atoms with Crippen LogP contribution in [0.4, 0.5) is 0 Å². The molecular formula is C5H13ClN8. The predicted molar refractivity (Wildman–Crippen MR) is 59.7 cm³/mol. The van der Waals surface area contributed by atoms with E-state index in [0.29, 0.717) is 5.71 Å². The Hall–Kier alpha value is -1.83. The van der Waals surface area contributed by atoms with Crippen molar-refractivity contribution in [1.29, 1.82) is 5.41 Å². The molecule has 0 unspecified atom stereocenters. The third-order valence-electron chi connectivity index (χ3n) is 0.770. The molecule has 0 rings (SSSR count). The molecule has 0 radical (unpaired) electrons. The normalized spacial score (nSPS) is 10.5. The first-order chi connectivity index (χ1) is 6.02. The van der Waals surface area contributed by atoms with E-state index in [1.165, 1.54) is 6.21 Å². The number of nitrogens with two attached hydrogens (primary N) is 3. The van der Waals surface area contributed by atoms with Crippen molar-refractivity contribution < 1.29 is 0 Å². The van der Waals surface area contributed by atoms with Gasteiger partial charge in [-0.1, -0.05) is 0 Å². The summed E-state index contributed by atoms with van der Waals surface area (Å²) in [5.74, 6) is -0.391. The van der Waals surface area contributed by atoms with E-state index in [2.05, 4.69) is 20.7 Å². The molecule has 0 aromatic carbocycles. The number of hydrogen-bond donors (Lipinski definition) is 5. The van der Waals surface area contributed by atoms with Crippen LogP contribution in [-0.4, -0.2) is 23.8 Å². The van der Waals surface area contributed by atoms with Gasteiger partial charge in [-0.25, -0.2) is 5.43 Å². The lowest BCUT2D eigenvalue weighted by Gasteiger charge is -1.94. The zero-order chi connectivity index (χ0) is 10.3. The molecule has 0 amide bonds. The van der Waals surface area contributed by atoms with E-state index in [9.17, 15) is 0 Å². The van der Waals surface area contributed by atoms with E-state index in [1.807, 2.05) is 0 Å². The maximum atomic E-state index is 6.78. The summed E-state index contributed by atoms with van der Waals surface area (Å²) in [4.78, 5) is 0. The van der Waals surface area contributed by atoms with Crippen molar-refractivity contribution >= 4 is 36.3 Å². The zero-order valence-electron chi connectivity index (χ0n) is 7.56. The summed E-state index contributed by atoms with van der Waals surface area (Å²) in [7, 11) is 0. The fraction of sp³-hybridized carbons (Fsp3) is 0.200. The molecule has 0 heterocycles. The highest BCUT2D eigenvalue weighted by Gasteiger charge is 1.85. The smallest absolute Gasteiger partial charge is 0.211 e. The fourth-order valence-electron chi connectivity index (χ4n) is 0.356. The molecule has 80 valence electrons. The molecule has 0 aliphatic heterocycles. The molecule has 0 aliphatic carbocycles. The summed E-state index contributed by atoms with van der Waals surface area (Å²) in [6.07, 6.45) is 1.32. The molecule has 0 spiro atoms. The van der Waals surface area contributed by atoms with Gasteiger partial charge in [-0.15, -0.1) is 17.5 Å². The monoisotopic (exact) mass is 220 g/mol. The highest BCUT2D eigenvalue weighted by atomic mass is 35.5. The van der Waals surface area contributed by atoms with Crippen molar-refractivity contribution in [2.45, 2.75) is 6.92 Å². The largest absolute Gasteiger partial charge is 0.369 e. The molecule has 8 N–H and O–H groups in total. The Morgan fingerprint density at radius 1 is 1.36 bits per heavy atom. The van der Waals surface area contributed by atoms with Crippen LogP contribution in [0.5, 0.6) is 0 Å². The lowest BCUT2D eigenvalue weighted by Crippen LogP contribution is -2.26. The van der Waals surface area contributed by atoms with E-state index in [1.54, 1.807) is 6.92 Å². The molecule has 0 aromatic heterocycles. The standard InChI is InChI=1S/C5H12N8.ClH/c1-3(11-13-5(8)9)2-10-12-4(6)7;/h2H,1H3,(H4,6,7,12)(H4,8,9,13);1H/b10-2+,11-3-;. The SMILES string of the molecule is CC(/C=N/N=C(N)N)=N/NC(=N)N.Cl. The molecule has 14 heavy (non-hydrogen) atoms. The molecule has 0 atom stereocenters. The number of hydrogen-bond acceptors (Lipinski definition) is 4. The molecule has 8 nitrogen and oxygen atoms in total. The summed E-state index contributed by atoms with van der Waals surface area (Å²) in [5.41, 5.74) is 17.7. The van der Waals surface area contributed by atoms with Crippen molar-refractivity contribution in [2.24, 2.45) is 32.5 Å². The fourth-order valence-corrected chi connectivity index (χ4v) is 0.356. The van der Waals surface area contributed by atoms with Gasteiger partial charge in [0.05, 0.1) is 11.9 Å². The first-order valence-corrected chi connectivity index (χ1v) is 3.28. The van der Waals surface area contributed by atoms with Gasteiger partial charge in [0, 0.05) is 0 Å². The number of nitrogens with one attached hydrogen (secondary N) is 2. The van der Waals surface area contributed by atoms with E-state index in [0.717, 1.165) is 0 Å². The zero-order valence-corrected chi connectivity index (χ0v) is 8.38. The Morgan fingerprint density at radius 3 is 2.36 bits per heavy atom. The summed E-state index contributed by atoms with van der Waals surface area (Å²) in [6, 6.07) is 0. The Labute approximate surface area is 87.2 Å². The van der Waals surface area contributed by atoms with Crippen LogP contribution in [0.1, 0.15) is 6.92 Å². The highest BCUT2D eigenvalue weighted by Crippen LogP contribution is 1.72. The van der Waals surface area contributed by atoms with Gasteiger partial charge < -0.3 is 17.2 Å². The minimum Gasteiger partial charge on any atom is -0.369 e. The van der Waals surface area contributed by atoms with E-state index >= 15 is 0 Å². The number of nitrogens with zero attached hydrogens (tertiary/aromatic N) is 3. The average molecular weight is 221 g/mol. The summed E-state index contributed by atoms with van der Waals surface area (Å²) in [5, 5.41) is 17.2. The molecule has 0 aliphatic rings. The van der Waals surface area contributed by atoms with Crippen LogP contribution >= 0.6 is 12.4 Å². The van der Waals surface area contributed by atoms with Gasteiger partial charge in [0.1, 0.15) is 0 Å². The third-order valence-corrected chi connectivity index (χ3v) is 0.770. The minimum atomic E-state index is -0.255. The van der Waals surface area contributed by atoms with Gasteiger partial charge in [-0.3, -0.25) is 5.41 Å². The average Bonchev–Trinajstić information content (AvgIpc) is 2.00. The quantitative estimate of drug-likeness (QED) is 0.224. The lowest BCUT2D eigenvalue weighted by atomic mass is 10.5. The van der Waals surface area contributed by atoms with Crippen LogP contribution in [0.2, 0.25) is 0 Å². The Balaban J connectivity index is 0. The molecule has 0 saturated carbocycles. The first kappa shape index (κ1) is 14.7. The molecule has 0 aromatic rings. The second-order valence-corrected chi connectivity index (χ2v) is 2.05. The lowest BCUT2D eigenvalue weighted by molar-refractivity contribution is 0.996. The summed E-state index contributed by atoms with van der Waals surface area (Å²) in [6.45, 7) is 1.64. The summed E-state index contributed by atoms with van der Waals surface area (Å²) < 4.78 is 0. The van der Waals surface area contributed by atoms with Gasteiger partial charge in [-0.05, 0) is 6.92 Å². The van der Waals surface area contributed by atoms with Crippen molar-refractivity contribution in [3.05, 3.63) is 0 Å². The molecule has 0 bridgehead atoms. The van der Waals surface area contributed by atoms with Gasteiger partial charge >= 0.3 is 0 Å². The van der Waals surface area contributed by atoms with Crippen LogP contribution in [-0.2, 0) is 0 Å². The van der Waals surface area contributed by atoms with Crippen LogP contribution in [0.3, 0.4) is 0 Å². The Kier molecular flexibility index (Phi) is 8.18. The van der Waals surface area contributed by atoms with Crippen molar-refractivity contribution in [3.63, 3.8) is 0 Å². The van der Waals surface area contributed by atoms with Crippen molar-refractivity contribution in [2.75, 3.05) is 0 Å². The van der Waals surface area contributed by atoms with E-state index < -0.39 is 0 Å². The minimum absolute atomic E-state index is 0. The van der Waals surface area contributed by atoms with E-state index in [4.69, 9.17) is 22.6 Å². The van der Waals surface area contributed by atoms with Gasteiger partial charge in [0.2, 0.25) is 11.9 Å². The van der Waals surface area contributed by atoms with E-state index in [-0.39, 0.29) is 24.3 Å². The molecule has 9 heteroatoms. The Morgan fingerprint density at radius 2 is 1.93 bits per heavy atom. The van der Waals surface area contributed by atoms with Crippen molar-refractivity contribution in [1.82, 2.24) is 5.43 Å². The third kappa shape index (κ3) is 10.2. The predicted octanol–water partition coefficient (Wildman–Crippen LogP) is -1.47. The van der Waals surface area contributed by atoms with Gasteiger partial charge in [0.25, 0.3) is 0 Å². The van der Waals surface area contributed by atoms with Gasteiger partial charge in [-0.2, -0.15) is 10.2 Å². The van der Waals surface area contributed by atoms with Crippen LogP contribution < -0.4 is 22.6 Å². The summed E-state index contributed by atoms with van der Waals surface area (Å²) >= 11 is 0. The topological polar surface area (TPSA) is 151 Å². The molecule has 0 fully saturated rings.